The Labute approximate surface area is 127 Å². The SMILES string of the molecule is CCOC(=O)CN1C(=O)c2ccc3ccccc3c2S1(=O)=O. The number of fused-ring (bicyclic) bond motifs is 3. The Bertz CT molecular complexity index is 888. The normalized spacial score (nSPS) is 15.9. The number of benzene rings is 2. The molecule has 2 aromatic carbocycles. The van der Waals surface area contributed by atoms with Crippen LogP contribution in [-0.2, 0) is 19.6 Å². The standard InChI is InChI=1S/C15H13NO5S/c1-2-21-13(17)9-16-15(18)12-8-7-10-5-3-4-6-11(10)14(12)22(16,19)20/h3-8H,2,9H2,1H3. The maximum Gasteiger partial charge on any atom is 0.326 e. The fourth-order valence-corrected chi connectivity index (χ4v) is 4.23. The van der Waals surface area contributed by atoms with Crippen LogP contribution in [0.2, 0.25) is 0 Å². The lowest BCUT2D eigenvalue weighted by molar-refractivity contribution is -0.142. The molecule has 6 nitrogen and oxygen atoms in total. The van der Waals surface area contributed by atoms with Crippen LogP contribution in [0.5, 0.6) is 0 Å². The molecule has 7 heteroatoms. The monoisotopic (exact) mass is 319 g/mol. The Morgan fingerprint density at radius 2 is 1.91 bits per heavy atom. The van der Waals surface area contributed by atoms with Gasteiger partial charge in [-0.15, -0.1) is 0 Å². The van der Waals surface area contributed by atoms with E-state index in [0.29, 0.717) is 9.69 Å². The van der Waals surface area contributed by atoms with E-state index >= 15 is 0 Å². The van der Waals surface area contributed by atoms with E-state index in [0.717, 1.165) is 5.39 Å². The molecule has 1 heterocycles. The average Bonchev–Trinajstić information content (AvgIpc) is 2.68. The number of nitrogens with zero attached hydrogens (tertiary/aromatic N) is 1. The number of sulfonamides is 1. The number of amides is 1. The Kier molecular flexibility index (Phi) is 3.37. The van der Waals surface area contributed by atoms with Gasteiger partial charge < -0.3 is 4.74 Å². The van der Waals surface area contributed by atoms with Crippen LogP contribution in [-0.4, -0.2) is 37.8 Å². The second-order valence-electron chi connectivity index (χ2n) is 4.79. The van der Waals surface area contributed by atoms with E-state index in [2.05, 4.69) is 0 Å². The molecule has 0 radical (unpaired) electrons. The van der Waals surface area contributed by atoms with E-state index in [4.69, 9.17) is 4.74 Å². The van der Waals surface area contributed by atoms with E-state index in [1.54, 1.807) is 37.3 Å². The van der Waals surface area contributed by atoms with Crippen molar-refractivity contribution in [2.75, 3.05) is 13.2 Å². The quantitative estimate of drug-likeness (QED) is 0.802. The molecule has 0 N–H and O–H groups in total. The number of carbonyl (C=O) groups excluding carboxylic acids is 2. The Balaban J connectivity index is 2.15. The van der Waals surface area contributed by atoms with Crippen LogP contribution in [0.25, 0.3) is 10.8 Å². The third-order valence-electron chi connectivity index (χ3n) is 3.46. The third kappa shape index (κ3) is 2.05. The fraction of sp³-hybridized carbons (Fsp3) is 0.200. The van der Waals surface area contributed by atoms with Crippen LogP contribution in [0.15, 0.2) is 41.3 Å². The molecule has 22 heavy (non-hydrogen) atoms. The van der Waals surface area contributed by atoms with Gasteiger partial charge in [0, 0.05) is 5.39 Å². The van der Waals surface area contributed by atoms with Gasteiger partial charge in [-0.05, 0) is 18.4 Å². The first-order chi connectivity index (χ1) is 10.5. The van der Waals surface area contributed by atoms with Crippen molar-refractivity contribution >= 4 is 32.7 Å². The lowest BCUT2D eigenvalue weighted by Gasteiger charge is -2.13. The van der Waals surface area contributed by atoms with E-state index in [-0.39, 0.29) is 17.1 Å². The molecule has 1 amide bonds. The first-order valence-electron chi connectivity index (χ1n) is 6.71. The van der Waals surface area contributed by atoms with Crippen LogP contribution < -0.4 is 0 Å². The lowest BCUT2D eigenvalue weighted by atomic mass is 10.1. The van der Waals surface area contributed by atoms with Crippen molar-refractivity contribution in [3.05, 3.63) is 42.0 Å². The number of ether oxygens (including phenoxy) is 1. The van der Waals surface area contributed by atoms with Crippen molar-refractivity contribution in [1.82, 2.24) is 4.31 Å². The van der Waals surface area contributed by atoms with Crippen molar-refractivity contribution in [2.45, 2.75) is 11.8 Å². The average molecular weight is 319 g/mol. The summed E-state index contributed by atoms with van der Waals surface area (Å²) in [6, 6.07) is 10.1. The van der Waals surface area contributed by atoms with E-state index in [9.17, 15) is 18.0 Å². The zero-order valence-electron chi connectivity index (χ0n) is 11.8. The number of rotatable bonds is 3. The van der Waals surface area contributed by atoms with Crippen LogP contribution in [0.4, 0.5) is 0 Å². The molecule has 3 rings (SSSR count). The van der Waals surface area contributed by atoms with Gasteiger partial charge in [-0.1, -0.05) is 30.3 Å². The highest BCUT2D eigenvalue weighted by Gasteiger charge is 2.43. The highest BCUT2D eigenvalue weighted by molar-refractivity contribution is 7.90. The highest BCUT2D eigenvalue weighted by Crippen LogP contribution is 2.35. The van der Waals surface area contributed by atoms with Gasteiger partial charge in [-0.25, -0.2) is 12.7 Å². The molecular formula is C15H13NO5S. The summed E-state index contributed by atoms with van der Waals surface area (Å²) >= 11 is 0. The van der Waals surface area contributed by atoms with Gasteiger partial charge in [-0.3, -0.25) is 9.59 Å². The molecule has 0 aliphatic carbocycles. The second-order valence-corrected chi connectivity index (χ2v) is 6.58. The molecule has 0 fully saturated rings. The van der Waals surface area contributed by atoms with Gasteiger partial charge in [0.25, 0.3) is 15.9 Å². The van der Waals surface area contributed by atoms with Crippen LogP contribution in [0.1, 0.15) is 17.3 Å². The van der Waals surface area contributed by atoms with E-state index in [1.807, 2.05) is 0 Å². The predicted octanol–water partition coefficient (Wildman–Crippen LogP) is 1.55. The minimum Gasteiger partial charge on any atom is -0.465 e. The zero-order chi connectivity index (χ0) is 15.9. The second kappa shape index (κ2) is 5.10. The topological polar surface area (TPSA) is 80.8 Å². The molecule has 0 aromatic heterocycles. The lowest BCUT2D eigenvalue weighted by Crippen LogP contribution is -2.35. The first-order valence-corrected chi connectivity index (χ1v) is 8.15. The third-order valence-corrected chi connectivity index (χ3v) is 5.29. The molecule has 1 aliphatic heterocycles. The van der Waals surface area contributed by atoms with Crippen LogP contribution >= 0.6 is 0 Å². The molecule has 0 saturated heterocycles. The molecular weight excluding hydrogens is 306 g/mol. The predicted molar refractivity (Wildman–Crippen MR) is 78.8 cm³/mol. The summed E-state index contributed by atoms with van der Waals surface area (Å²) in [5, 5.41) is 1.19. The van der Waals surface area contributed by atoms with Crippen molar-refractivity contribution < 1.29 is 22.7 Å². The van der Waals surface area contributed by atoms with Crippen molar-refractivity contribution in [3.63, 3.8) is 0 Å². The molecule has 114 valence electrons. The molecule has 2 aromatic rings. The van der Waals surface area contributed by atoms with Gasteiger partial charge in [0.05, 0.1) is 12.2 Å². The van der Waals surface area contributed by atoms with Crippen molar-refractivity contribution in [2.24, 2.45) is 0 Å². The number of hydrogen-bond donors (Lipinski definition) is 0. The number of carbonyl (C=O) groups is 2. The van der Waals surface area contributed by atoms with Gasteiger partial charge in [-0.2, -0.15) is 0 Å². The van der Waals surface area contributed by atoms with Gasteiger partial charge >= 0.3 is 5.97 Å². The van der Waals surface area contributed by atoms with Gasteiger partial charge in [0.15, 0.2) is 0 Å². The first kappa shape index (κ1) is 14.5. The summed E-state index contributed by atoms with van der Waals surface area (Å²) < 4.78 is 30.6. The van der Waals surface area contributed by atoms with Crippen LogP contribution in [0.3, 0.4) is 0 Å². The molecule has 0 saturated carbocycles. The molecule has 1 aliphatic rings. The Morgan fingerprint density at radius 3 is 2.64 bits per heavy atom. The zero-order valence-corrected chi connectivity index (χ0v) is 12.6. The Hall–Kier alpha value is -2.41. The van der Waals surface area contributed by atoms with Crippen molar-refractivity contribution in [3.8, 4) is 0 Å². The molecule has 0 unspecified atom stereocenters. The van der Waals surface area contributed by atoms with Gasteiger partial charge in [0.1, 0.15) is 11.4 Å². The van der Waals surface area contributed by atoms with E-state index in [1.165, 1.54) is 6.07 Å². The molecule has 0 atom stereocenters. The molecule has 0 bridgehead atoms. The Morgan fingerprint density at radius 1 is 1.18 bits per heavy atom. The summed E-state index contributed by atoms with van der Waals surface area (Å²) in [7, 11) is -4.05. The highest BCUT2D eigenvalue weighted by atomic mass is 32.2. The van der Waals surface area contributed by atoms with Gasteiger partial charge in [0.2, 0.25) is 0 Å². The van der Waals surface area contributed by atoms with Crippen molar-refractivity contribution in [1.29, 1.82) is 0 Å². The maximum absolute atomic E-state index is 12.6. The summed E-state index contributed by atoms with van der Waals surface area (Å²) in [4.78, 5) is 23.9. The fourth-order valence-electron chi connectivity index (χ4n) is 2.52. The maximum atomic E-state index is 12.6. The summed E-state index contributed by atoms with van der Waals surface area (Å²) in [6.45, 7) is 1.12. The molecule has 0 spiro atoms. The summed E-state index contributed by atoms with van der Waals surface area (Å²) in [6.07, 6.45) is 0. The number of esters is 1. The van der Waals surface area contributed by atoms with Crippen LogP contribution in [0, 0.1) is 0 Å². The summed E-state index contributed by atoms with van der Waals surface area (Å²) in [5.74, 6) is -1.45. The minimum atomic E-state index is -4.05. The van der Waals surface area contributed by atoms with E-state index < -0.39 is 28.4 Å². The minimum absolute atomic E-state index is 0.0418. The summed E-state index contributed by atoms with van der Waals surface area (Å²) in [5.41, 5.74) is 0.0861. The largest absolute Gasteiger partial charge is 0.465 e. The smallest absolute Gasteiger partial charge is 0.326 e. The number of hydrogen-bond acceptors (Lipinski definition) is 5.